The van der Waals surface area contributed by atoms with Crippen LogP contribution < -0.4 is 0 Å². The Hall–Kier alpha value is -2.84. The normalized spacial score (nSPS) is 12.0. The van der Waals surface area contributed by atoms with E-state index in [1.54, 1.807) is 6.92 Å². The van der Waals surface area contributed by atoms with Gasteiger partial charge in [0.25, 0.3) is 5.91 Å². The Morgan fingerprint density at radius 3 is 2.65 bits per heavy atom. The molecule has 0 aliphatic rings. The Bertz CT molecular complexity index is 747. The van der Waals surface area contributed by atoms with Crippen molar-refractivity contribution in [3.05, 3.63) is 47.3 Å². The van der Waals surface area contributed by atoms with E-state index in [1.165, 1.54) is 24.2 Å². The van der Waals surface area contributed by atoms with Gasteiger partial charge in [-0.1, -0.05) is 11.3 Å². The summed E-state index contributed by atoms with van der Waals surface area (Å²) in [5.74, 6) is -3.59. The number of aromatic nitrogens is 3. The second-order valence-electron chi connectivity index (χ2n) is 4.96. The quantitative estimate of drug-likeness (QED) is 0.900. The molecule has 0 radical (unpaired) electrons. The van der Waals surface area contributed by atoms with E-state index < -0.39 is 36.1 Å². The van der Waals surface area contributed by atoms with E-state index >= 15 is 0 Å². The van der Waals surface area contributed by atoms with Crippen LogP contribution in [0.2, 0.25) is 0 Å². The first-order chi connectivity index (χ1) is 10.8. The van der Waals surface area contributed by atoms with Gasteiger partial charge in [-0.25, -0.2) is 13.5 Å². The molecule has 122 valence electrons. The second kappa shape index (κ2) is 6.51. The topological polar surface area (TPSA) is 88.3 Å². The van der Waals surface area contributed by atoms with Gasteiger partial charge in [0.2, 0.25) is 0 Å². The van der Waals surface area contributed by atoms with Gasteiger partial charge in [-0.2, -0.15) is 0 Å². The van der Waals surface area contributed by atoms with Crippen molar-refractivity contribution in [3.63, 3.8) is 0 Å². The van der Waals surface area contributed by atoms with Crippen LogP contribution >= 0.6 is 0 Å². The highest BCUT2D eigenvalue weighted by atomic mass is 19.2. The van der Waals surface area contributed by atoms with Gasteiger partial charge >= 0.3 is 5.97 Å². The summed E-state index contributed by atoms with van der Waals surface area (Å²) >= 11 is 0. The highest BCUT2D eigenvalue weighted by molar-refractivity contribution is 5.92. The van der Waals surface area contributed by atoms with Gasteiger partial charge < -0.3 is 10.0 Å². The lowest BCUT2D eigenvalue weighted by Gasteiger charge is -2.24. The third-order valence-electron chi connectivity index (χ3n) is 3.38. The van der Waals surface area contributed by atoms with Crippen LogP contribution in [0.25, 0.3) is 0 Å². The number of carboxylic acid groups (broad SMARTS) is 1. The Morgan fingerprint density at radius 2 is 2.04 bits per heavy atom. The average Bonchev–Trinajstić information content (AvgIpc) is 2.95. The Kier molecular flexibility index (Phi) is 4.68. The van der Waals surface area contributed by atoms with E-state index in [2.05, 4.69) is 10.3 Å². The zero-order valence-corrected chi connectivity index (χ0v) is 12.4. The molecule has 0 saturated carbocycles. The van der Waals surface area contributed by atoms with Crippen molar-refractivity contribution in [3.8, 4) is 0 Å². The molecule has 1 aromatic carbocycles. The Labute approximate surface area is 130 Å². The fourth-order valence-electron chi connectivity index (χ4n) is 1.96. The molecule has 0 spiro atoms. The predicted octanol–water partition coefficient (Wildman–Crippen LogP) is 1.47. The van der Waals surface area contributed by atoms with Gasteiger partial charge in [0, 0.05) is 7.05 Å². The number of nitrogens with zero attached hydrogens (tertiary/aromatic N) is 4. The van der Waals surface area contributed by atoms with Crippen LogP contribution in [0.1, 0.15) is 29.0 Å². The molecule has 1 aromatic heterocycles. The van der Waals surface area contributed by atoms with Crippen molar-refractivity contribution in [2.45, 2.75) is 19.5 Å². The van der Waals surface area contributed by atoms with Crippen molar-refractivity contribution in [1.29, 1.82) is 0 Å². The van der Waals surface area contributed by atoms with E-state index in [-0.39, 0.29) is 5.69 Å². The molecule has 0 bridgehead atoms. The largest absolute Gasteiger partial charge is 0.480 e. The lowest BCUT2D eigenvalue weighted by Crippen LogP contribution is -2.30. The summed E-state index contributed by atoms with van der Waals surface area (Å²) in [4.78, 5) is 24.2. The van der Waals surface area contributed by atoms with Crippen LogP contribution in [0.4, 0.5) is 8.78 Å². The Balaban J connectivity index is 2.16. The second-order valence-corrected chi connectivity index (χ2v) is 4.96. The summed E-state index contributed by atoms with van der Waals surface area (Å²) in [6.45, 7) is 1.23. The molecule has 9 heteroatoms. The summed E-state index contributed by atoms with van der Waals surface area (Å²) in [6, 6.07) is 2.85. The number of amides is 1. The zero-order valence-electron chi connectivity index (χ0n) is 12.4. The molecular formula is C14H14F2N4O3. The standard InChI is InChI=1S/C14H14F2N4O3/c1-8(9-3-4-10(15)11(16)5-9)19(2)14(23)12-6-20(18-17-12)7-13(21)22/h3-6,8H,7H2,1-2H3,(H,21,22). The van der Waals surface area contributed by atoms with Gasteiger partial charge in [-0.05, 0) is 24.6 Å². The first-order valence-corrected chi connectivity index (χ1v) is 6.63. The van der Waals surface area contributed by atoms with Crippen molar-refractivity contribution in [2.75, 3.05) is 7.05 Å². The number of rotatable bonds is 5. The van der Waals surface area contributed by atoms with Crippen molar-refractivity contribution in [2.24, 2.45) is 0 Å². The van der Waals surface area contributed by atoms with E-state index in [0.717, 1.165) is 16.8 Å². The Morgan fingerprint density at radius 1 is 1.35 bits per heavy atom. The van der Waals surface area contributed by atoms with Crippen molar-refractivity contribution in [1.82, 2.24) is 19.9 Å². The molecule has 0 aliphatic heterocycles. The third-order valence-corrected chi connectivity index (χ3v) is 3.38. The minimum atomic E-state index is -1.11. The van der Waals surface area contributed by atoms with E-state index in [4.69, 9.17) is 5.11 Å². The van der Waals surface area contributed by atoms with E-state index in [0.29, 0.717) is 5.56 Å². The number of aliphatic carboxylic acids is 1. The van der Waals surface area contributed by atoms with Gasteiger partial charge in [0.05, 0.1) is 12.2 Å². The number of hydrogen-bond acceptors (Lipinski definition) is 4. The smallest absolute Gasteiger partial charge is 0.325 e. The molecule has 1 heterocycles. The summed E-state index contributed by atoms with van der Waals surface area (Å²) in [7, 11) is 1.48. The lowest BCUT2D eigenvalue weighted by atomic mass is 10.1. The summed E-state index contributed by atoms with van der Waals surface area (Å²) in [5.41, 5.74) is 0.376. The zero-order chi connectivity index (χ0) is 17.1. The molecule has 1 N–H and O–H groups in total. The van der Waals surface area contributed by atoms with Crippen molar-refractivity contribution >= 4 is 11.9 Å². The maximum atomic E-state index is 13.3. The molecule has 0 fully saturated rings. The van der Waals surface area contributed by atoms with Gasteiger partial charge in [-0.3, -0.25) is 9.59 Å². The predicted molar refractivity (Wildman–Crippen MR) is 74.5 cm³/mol. The van der Waals surface area contributed by atoms with Gasteiger partial charge in [-0.15, -0.1) is 5.10 Å². The maximum absolute atomic E-state index is 13.3. The van der Waals surface area contributed by atoms with Crippen LogP contribution in [-0.4, -0.2) is 43.9 Å². The number of hydrogen-bond donors (Lipinski definition) is 1. The van der Waals surface area contributed by atoms with Gasteiger partial charge in [0.1, 0.15) is 6.54 Å². The van der Waals surface area contributed by atoms with Crippen LogP contribution in [-0.2, 0) is 11.3 Å². The minimum Gasteiger partial charge on any atom is -0.480 e. The molecule has 23 heavy (non-hydrogen) atoms. The molecule has 1 amide bonds. The molecule has 2 rings (SSSR count). The van der Waals surface area contributed by atoms with Crippen LogP contribution in [0.15, 0.2) is 24.4 Å². The molecule has 0 saturated heterocycles. The van der Waals surface area contributed by atoms with Crippen LogP contribution in [0.3, 0.4) is 0 Å². The van der Waals surface area contributed by atoms with E-state index in [1.807, 2.05) is 0 Å². The SMILES string of the molecule is CC(c1ccc(F)c(F)c1)N(C)C(=O)c1cn(CC(=O)O)nn1. The minimum absolute atomic E-state index is 0.0387. The summed E-state index contributed by atoms with van der Waals surface area (Å²) in [5, 5.41) is 15.8. The fraction of sp³-hybridized carbons (Fsp3) is 0.286. The van der Waals surface area contributed by atoms with Crippen LogP contribution in [0.5, 0.6) is 0 Å². The summed E-state index contributed by atoms with van der Waals surface area (Å²) < 4.78 is 27.3. The number of benzene rings is 1. The van der Waals surface area contributed by atoms with Gasteiger partial charge in [0.15, 0.2) is 17.3 Å². The first-order valence-electron chi connectivity index (χ1n) is 6.63. The third kappa shape index (κ3) is 3.68. The number of carbonyl (C=O) groups is 2. The molecule has 1 unspecified atom stereocenters. The average molecular weight is 324 g/mol. The molecule has 7 nitrogen and oxygen atoms in total. The number of carboxylic acids is 1. The lowest BCUT2D eigenvalue weighted by molar-refractivity contribution is -0.137. The number of halogens is 2. The van der Waals surface area contributed by atoms with Crippen molar-refractivity contribution < 1.29 is 23.5 Å². The molecular weight excluding hydrogens is 310 g/mol. The highest BCUT2D eigenvalue weighted by Gasteiger charge is 2.22. The maximum Gasteiger partial charge on any atom is 0.325 e. The monoisotopic (exact) mass is 324 g/mol. The first kappa shape index (κ1) is 16.5. The highest BCUT2D eigenvalue weighted by Crippen LogP contribution is 2.22. The molecule has 2 aromatic rings. The van der Waals surface area contributed by atoms with E-state index in [9.17, 15) is 18.4 Å². The molecule has 1 atom stereocenters. The molecule has 0 aliphatic carbocycles. The van der Waals surface area contributed by atoms with Crippen LogP contribution in [0, 0.1) is 11.6 Å². The summed E-state index contributed by atoms with van der Waals surface area (Å²) in [6.07, 6.45) is 1.21. The number of carbonyl (C=O) groups excluding carboxylic acids is 1. The fourth-order valence-corrected chi connectivity index (χ4v) is 1.96.